The molecule has 7 nitrogen and oxygen atoms in total. The quantitative estimate of drug-likeness (QED) is 0.593. The Morgan fingerprint density at radius 3 is 2.68 bits per heavy atom. The second-order valence-corrected chi connectivity index (χ2v) is 6.32. The molecule has 2 aromatic rings. The summed E-state index contributed by atoms with van der Waals surface area (Å²) < 4.78 is 0.752. The van der Waals surface area contributed by atoms with Gasteiger partial charge in [0, 0.05) is 23.8 Å². The number of aromatic nitrogens is 1. The SMILES string of the molecule is O=C(NCCCN1C(=O)c2ccc(Br)cc2C1=O)Nc1ccccn1. The number of pyridine rings is 1. The van der Waals surface area contributed by atoms with Gasteiger partial charge in [-0.25, -0.2) is 9.78 Å². The fourth-order valence-corrected chi connectivity index (χ4v) is 2.86. The van der Waals surface area contributed by atoms with Crippen LogP contribution < -0.4 is 10.6 Å². The van der Waals surface area contributed by atoms with Crippen molar-refractivity contribution in [2.75, 3.05) is 18.4 Å². The van der Waals surface area contributed by atoms with E-state index in [-0.39, 0.29) is 24.4 Å². The van der Waals surface area contributed by atoms with Crippen molar-refractivity contribution in [1.82, 2.24) is 15.2 Å². The van der Waals surface area contributed by atoms with Crippen molar-refractivity contribution in [3.8, 4) is 0 Å². The van der Waals surface area contributed by atoms with E-state index in [1.807, 2.05) is 0 Å². The number of carbonyl (C=O) groups is 3. The number of nitrogens with one attached hydrogen (secondary N) is 2. The molecule has 0 radical (unpaired) electrons. The lowest BCUT2D eigenvalue weighted by atomic mass is 10.1. The van der Waals surface area contributed by atoms with Gasteiger partial charge >= 0.3 is 6.03 Å². The molecule has 1 aromatic carbocycles. The predicted molar refractivity (Wildman–Crippen MR) is 95.4 cm³/mol. The molecular formula is C17H15BrN4O3. The molecule has 0 unspecified atom stereocenters. The van der Waals surface area contributed by atoms with E-state index in [0.29, 0.717) is 29.9 Å². The zero-order valence-electron chi connectivity index (χ0n) is 13.2. The molecule has 8 heteroatoms. The third-order valence-corrected chi connectivity index (χ3v) is 4.18. The minimum Gasteiger partial charge on any atom is -0.338 e. The zero-order valence-corrected chi connectivity index (χ0v) is 14.7. The van der Waals surface area contributed by atoms with E-state index < -0.39 is 0 Å². The summed E-state index contributed by atoms with van der Waals surface area (Å²) in [5.74, 6) is -0.157. The standard InChI is InChI=1S/C17H15BrN4O3/c18-11-5-6-12-13(10-11)16(24)22(15(12)23)9-3-8-20-17(25)21-14-4-1-2-7-19-14/h1-2,4-7,10H,3,8-9H2,(H2,19,20,21,25). The number of nitrogens with zero attached hydrogens (tertiary/aromatic N) is 2. The summed E-state index contributed by atoms with van der Waals surface area (Å²) in [6.07, 6.45) is 2.04. The van der Waals surface area contributed by atoms with E-state index in [2.05, 4.69) is 31.5 Å². The average molecular weight is 403 g/mol. The first-order chi connectivity index (χ1) is 12.1. The van der Waals surface area contributed by atoms with Crippen LogP contribution in [-0.4, -0.2) is 40.8 Å². The van der Waals surface area contributed by atoms with Crippen LogP contribution in [0.1, 0.15) is 27.1 Å². The first-order valence-corrected chi connectivity index (χ1v) is 8.47. The fraction of sp³-hybridized carbons (Fsp3) is 0.176. The minimum absolute atomic E-state index is 0.244. The Hall–Kier alpha value is -2.74. The Bertz CT molecular complexity index is 826. The third kappa shape index (κ3) is 3.85. The lowest BCUT2D eigenvalue weighted by Gasteiger charge is -2.14. The molecular weight excluding hydrogens is 388 g/mol. The normalized spacial score (nSPS) is 12.9. The highest BCUT2D eigenvalue weighted by Gasteiger charge is 2.34. The first-order valence-electron chi connectivity index (χ1n) is 7.68. The maximum Gasteiger partial charge on any atom is 0.320 e. The van der Waals surface area contributed by atoms with Crippen molar-refractivity contribution in [2.45, 2.75) is 6.42 Å². The molecule has 1 aliphatic rings. The second-order valence-electron chi connectivity index (χ2n) is 5.40. The fourth-order valence-electron chi connectivity index (χ4n) is 2.50. The predicted octanol–water partition coefficient (Wildman–Crippen LogP) is 2.65. The van der Waals surface area contributed by atoms with Gasteiger partial charge in [0.15, 0.2) is 0 Å². The third-order valence-electron chi connectivity index (χ3n) is 3.68. The van der Waals surface area contributed by atoms with E-state index in [4.69, 9.17) is 0 Å². The van der Waals surface area contributed by atoms with Gasteiger partial charge in [-0.3, -0.25) is 19.8 Å². The van der Waals surface area contributed by atoms with Crippen LogP contribution in [0, 0.1) is 0 Å². The number of amides is 4. The summed E-state index contributed by atoms with van der Waals surface area (Å²) >= 11 is 3.30. The molecule has 0 bridgehead atoms. The Balaban J connectivity index is 1.48. The van der Waals surface area contributed by atoms with Crippen LogP contribution in [0.2, 0.25) is 0 Å². The van der Waals surface area contributed by atoms with E-state index in [9.17, 15) is 14.4 Å². The number of anilines is 1. The Labute approximate surface area is 152 Å². The molecule has 1 aromatic heterocycles. The number of fused-ring (bicyclic) bond motifs is 1. The van der Waals surface area contributed by atoms with E-state index >= 15 is 0 Å². The number of hydrogen-bond donors (Lipinski definition) is 2. The molecule has 3 rings (SSSR count). The van der Waals surface area contributed by atoms with Crippen LogP contribution in [-0.2, 0) is 0 Å². The van der Waals surface area contributed by atoms with Gasteiger partial charge in [0.25, 0.3) is 11.8 Å². The van der Waals surface area contributed by atoms with E-state index in [1.54, 1.807) is 42.6 Å². The van der Waals surface area contributed by atoms with E-state index in [1.165, 1.54) is 4.90 Å². The highest BCUT2D eigenvalue weighted by molar-refractivity contribution is 9.10. The topological polar surface area (TPSA) is 91.4 Å². The molecule has 2 heterocycles. The number of benzene rings is 1. The van der Waals surface area contributed by atoms with Gasteiger partial charge in [0.2, 0.25) is 0 Å². The lowest BCUT2D eigenvalue weighted by molar-refractivity contribution is 0.0653. The smallest absolute Gasteiger partial charge is 0.320 e. The molecule has 25 heavy (non-hydrogen) atoms. The van der Waals surface area contributed by atoms with Crippen molar-refractivity contribution < 1.29 is 14.4 Å². The first kappa shape index (κ1) is 17.1. The minimum atomic E-state index is -0.384. The number of carbonyl (C=O) groups excluding carboxylic acids is 3. The van der Waals surface area contributed by atoms with Crippen LogP contribution >= 0.6 is 15.9 Å². The van der Waals surface area contributed by atoms with Crippen molar-refractivity contribution >= 4 is 39.6 Å². The maximum atomic E-state index is 12.3. The van der Waals surface area contributed by atoms with Gasteiger partial charge in [0.05, 0.1) is 11.1 Å². The van der Waals surface area contributed by atoms with Crippen LogP contribution in [0.5, 0.6) is 0 Å². The van der Waals surface area contributed by atoms with Crippen LogP contribution in [0.15, 0.2) is 47.1 Å². The lowest BCUT2D eigenvalue weighted by Crippen LogP contribution is -2.35. The van der Waals surface area contributed by atoms with E-state index in [0.717, 1.165) is 4.47 Å². The Morgan fingerprint density at radius 1 is 1.12 bits per heavy atom. The van der Waals surface area contributed by atoms with Gasteiger partial charge in [-0.05, 0) is 36.8 Å². The summed E-state index contributed by atoms with van der Waals surface area (Å²) in [6, 6.07) is 9.83. The summed E-state index contributed by atoms with van der Waals surface area (Å²) in [7, 11) is 0. The molecule has 0 saturated heterocycles. The summed E-state index contributed by atoms with van der Waals surface area (Å²) in [6.45, 7) is 0.573. The number of hydrogen-bond acceptors (Lipinski definition) is 4. The van der Waals surface area contributed by atoms with Crippen LogP contribution in [0.3, 0.4) is 0 Å². The molecule has 0 aliphatic carbocycles. The van der Waals surface area contributed by atoms with Gasteiger partial charge in [-0.2, -0.15) is 0 Å². The highest BCUT2D eigenvalue weighted by Crippen LogP contribution is 2.25. The molecule has 0 saturated carbocycles. The number of urea groups is 1. The molecule has 0 fully saturated rings. The van der Waals surface area contributed by atoms with Gasteiger partial charge in [-0.15, -0.1) is 0 Å². The molecule has 2 N–H and O–H groups in total. The summed E-state index contributed by atoms with van der Waals surface area (Å²) in [5, 5.41) is 5.26. The highest BCUT2D eigenvalue weighted by atomic mass is 79.9. The van der Waals surface area contributed by atoms with Crippen LogP contribution in [0.25, 0.3) is 0 Å². The Kier molecular flexibility index (Phi) is 5.08. The number of imide groups is 1. The molecule has 4 amide bonds. The summed E-state index contributed by atoms with van der Waals surface area (Å²) in [4.78, 5) is 41.5. The number of rotatable bonds is 5. The zero-order chi connectivity index (χ0) is 17.8. The molecule has 0 spiro atoms. The van der Waals surface area contributed by atoms with Crippen LogP contribution in [0.4, 0.5) is 10.6 Å². The molecule has 128 valence electrons. The van der Waals surface area contributed by atoms with Crippen molar-refractivity contribution in [3.63, 3.8) is 0 Å². The maximum absolute atomic E-state index is 12.3. The largest absolute Gasteiger partial charge is 0.338 e. The van der Waals surface area contributed by atoms with Crippen molar-refractivity contribution in [1.29, 1.82) is 0 Å². The molecule has 1 aliphatic heterocycles. The van der Waals surface area contributed by atoms with Gasteiger partial charge in [0.1, 0.15) is 5.82 Å². The second kappa shape index (κ2) is 7.43. The monoisotopic (exact) mass is 402 g/mol. The van der Waals surface area contributed by atoms with Crippen molar-refractivity contribution in [3.05, 3.63) is 58.2 Å². The summed E-state index contributed by atoms with van der Waals surface area (Å²) in [5.41, 5.74) is 0.814. The number of halogens is 1. The van der Waals surface area contributed by atoms with Crippen molar-refractivity contribution in [2.24, 2.45) is 0 Å². The van der Waals surface area contributed by atoms with Gasteiger partial charge in [-0.1, -0.05) is 22.0 Å². The average Bonchev–Trinajstić information content (AvgIpc) is 2.83. The molecule has 0 atom stereocenters. The Morgan fingerprint density at radius 2 is 1.92 bits per heavy atom. The van der Waals surface area contributed by atoms with Gasteiger partial charge < -0.3 is 5.32 Å².